The van der Waals surface area contributed by atoms with Crippen LogP contribution in [0.25, 0.3) is 53.2 Å². The fourth-order valence-electron chi connectivity index (χ4n) is 9.09. The van der Waals surface area contributed by atoms with E-state index in [0.29, 0.717) is 0 Å². The largest absolute Gasteiger partial charge is 0.310 e. The lowest BCUT2D eigenvalue weighted by Gasteiger charge is -2.34. The Balaban J connectivity index is 1.11. The average molecular weight is 718 g/mol. The van der Waals surface area contributed by atoms with Crippen LogP contribution in [0.4, 0.5) is 17.1 Å². The van der Waals surface area contributed by atoms with E-state index in [0.717, 1.165) is 17.1 Å². The van der Waals surface area contributed by atoms with Crippen LogP contribution in [0.2, 0.25) is 0 Å². The molecule has 2 heteroatoms. The molecule has 0 spiro atoms. The number of rotatable bonds is 6. The Hall–Kier alpha value is -6.74. The lowest BCUT2D eigenvalue weighted by molar-refractivity contribution is 0.777. The van der Waals surface area contributed by atoms with E-state index >= 15 is 0 Å². The summed E-state index contributed by atoms with van der Waals surface area (Å²) >= 11 is 1.93. The van der Waals surface area contributed by atoms with Crippen LogP contribution in [0.3, 0.4) is 0 Å². The number of hydrogen-bond acceptors (Lipinski definition) is 2. The molecular weight excluding hydrogens is 683 g/mol. The Labute approximate surface area is 325 Å². The van der Waals surface area contributed by atoms with Crippen LogP contribution in [-0.4, -0.2) is 0 Å². The standard InChI is InChI=1S/C53H35NS/c1-3-18-41(19-4-1)53(42-20-5-2-6-21-42)48-24-13-23-46(50(48)52-51(53)47-22-11-12-25-49(47)55-52)38-28-30-43(31-29-38)54(44-32-26-36-14-7-9-16-39(36)34-44)45-33-27-37-15-8-10-17-40(37)35-45/h1-35H. The minimum Gasteiger partial charge on any atom is -0.310 e. The molecule has 0 atom stereocenters. The van der Waals surface area contributed by atoms with Crippen molar-refractivity contribution in [2.24, 2.45) is 0 Å². The van der Waals surface area contributed by atoms with E-state index in [2.05, 4.69) is 217 Å². The van der Waals surface area contributed by atoms with Crippen molar-refractivity contribution in [3.8, 4) is 21.6 Å². The highest BCUT2D eigenvalue weighted by atomic mass is 32.1. The van der Waals surface area contributed by atoms with Gasteiger partial charge in [0.25, 0.3) is 0 Å². The zero-order chi connectivity index (χ0) is 36.3. The van der Waals surface area contributed by atoms with Crippen molar-refractivity contribution >= 4 is 60.0 Å². The minimum absolute atomic E-state index is 0.453. The van der Waals surface area contributed by atoms with Crippen molar-refractivity contribution in [1.82, 2.24) is 0 Å². The molecule has 1 heterocycles. The van der Waals surface area contributed by atoms with Crippen LogP contribution >= 0.6 is 11.3 Å². The zero-order valence-electron chi connectivity index (χ0n) is 30.1. The number of benzene rings is 9. The Morgan fingerprint density at radius 1 is 0.400 bits per heavy atom. The number of thiophene rings is 1. The van der Waals surface area contributed by atoms with E-state index in [-0.39, 0.29) is 0 Å². The van der Waals surface area contributed by atoms with Crippen molar-refractivity contribution in [3.05, 3.63) is 235 Å². The summed E-state index contributed by atoms with van der Waals surface area (Å²) in [4.78, 5) is 3.75. The van der Waals surface area contributed by atoms with Crippen molar-refractivity contribution < 1.29 is 0 Å². The molecule has 0 fully saturated rings. The van der Waals surface area contributed by atoms with Gasteiger partial charge >= 0.3 is 0 Å². The average Bonchev–Trinajstić information content (AvgIpc) is 3.78. The lowest BCUT2D eigenvalue weighted by Crippen LogP contribution is -2.28. The van der Waals surface area contributed by atoms with Gasteiger partial charge in [0.15, 0.2) is 0 Å². The van der Waals surface area contributed by atoms with E-state index in [9.17, 15) is 0 Å². The summed E-state index contributed by atoms with van der Waals surface area (Å²) in [6, 6.07) is 78.1. The molecule has 0 bridgehead atoms. The van der Waals surface area contributed by atoms with E-state index in [4.69, 9.17) is 0 Å². The van der Waals surface area contributed by atoms with E-state index < -0.39 is 5.41 Å². The summed E-state index contributed by atoms with van der Waals surface area (Å²) in [6.45, 7) is 0. The van der Waals surface area contributed by atoms with E-state index in [1.165, 1.54) is 75.5 Å². The number of fused-ring (bicyclic) bond motifs is 7. The van der Waals surface area contributed by atoms with Gasteiger partial charge in [-0.1, -0.05) is 170 Å². The van der Waals surface area contributed by atoms with Gasteiger partial charge in [-0.25, -0.2) is 0 Å². The number of nitrogens with zero attached hydrogens (tertiary/aromatic N) is 1. The SMILES string of the molecule is c1ccc(C2(c3ccccc3)c3cccc(-c4ccc(N(c5ccc6ccccc6c5)c5ccc6ccccc6c5)cc4)c3-c3sc4ccccc4c32)cc1. The molecule has 9 aromatic carbocycles. The fraction of sp³-hybridized carbons (Fsp3) is 0.0189. The molecule has 1 aliphatic rings. The molecule has 55 heavy (non-hydrogen) atoms. The molecule has 0 amide bonds. The normalized spacial score (nSPS) is 12.9. The quantitative estimate of drug-likeness (QED) is 0.166. The smallest absolute Gasteiger partial charge is 0.0728 e. The first-order valence-electron chi connectivity index (χ1n) is 18.9. The second-order valence-corrected chi connectivity index (χ2v) is 15.5. The highest BCUT2D eigenvalue weighted by molar-refractivity contribution is 7.22. The number of hydrogen-bond donors (Lipinski definition) is 0. The van der Waals surface area contributed by atoms with Gasteiger partial charge < -0.3 is 4.90 Å². The van der Waals surface area contributed by atoms with Gasteiger partial charge in [-0.3, -0.25) is 0 Å². The first kappa shape index (κ1) is 31.8. The molecule has 0 N–H and O–H groups in total. The Kier molecular flexibility index (Phi) is 7.33. The zero-order valence-corrected chi connectivity index (χ0v) is 30.9. The topological polar surface area (TPSA) is 3.24 Å². The van der Waals surface area contributed by atoms with Gasteiger partial charge in [-0.05, 0) is 103 Å². The molecule has 0 unspecified atom stereocenters. The highest BCUT2D eigenvalue weighted by Gasteiger charge is 2.49. The minimum atomic E-state index is -0.453. The van der Waals surface area contributed by atoms with Gasteiger partial charge in [0, 0.05) is 32.2 Å². The van der Waals surface area contributed by atoms with Crippen LogP contribution in [-0.2, 0) is 5.41 Å². The van der Waals surface area contributed by atoms with Gasteiger partial charge in [0.05, 0.1) is 5.41 Å². The summed E-state index contributed by atoms with van der Waals surface area (Å²) in [5.41, 5.74) is 12.0. The van der Waals surface area contributed by atoms with Gasteiger partial charge in [-0.15, -0.1) is 11.3 Å². The third kappa shape index (κ3) is 4.92. The van der Waals surface area contributed by atoms with Crippen LogP contribution in [0.5, 0.6) is 0 Å². The molecule has 1 aromatic heterocycles. The number of anilines is 3. The van der Waals surface area contributed by atoms with Gasteiger partial charge in [-0.2, -0.15) is 0 Å². The maximum absolute atomic E-state index is 2.39. The maximum atomic E-state index is 2.39. The third-order valence-electron chi connectivity index (χ3n) is 11.5. The molecule has 10 aromatic rings. The highest BCUT2D eigenvalue weighted by Crippen LogP contribution is 2.62. The first-order chi connectivity index (χ1) is 27.3. The van der Waals surface area contributed by atoms with Crippen molar-refractivity contribution in [3.63, 3.8) is 0 Å². The molecule has 0 saturated carbocycles. The predicted octanol–water partition coefficient (Wildman–Crippen LogP) is 14.7. The first-order valence-corrected chi connectivity index (χ1v) is 19.7. The van der Waals surface area contributed by atoms with Gasteiger partial charge in [0.1, 0.15) is 0 Å². The van der Waals surface area contributed by atoms with Crippen molar-refractivity contribution in [2.75, 3.05) is 4.90 Å². The Morgan fingerprint density at radius 3 is 1.55 bits per heavy atom. The van der Waals surface area contributed by atoms with Crippen molar-refractivity contribution in [1.29, 1.82) is 0 Å². The van der Waals surface area contributed by atoms with E-state index in [1.807, 2.05) is 11.3 Å². The van der Waals surface area contributed by atoms with Crippen molar-refractivity contribution in [2.45, 2.75) is 5.41 Å². The van der Waals surface area contributed by atoms with E-state index in [1.54, 1.807) is 0 Å². The molecule has 0 radical (unpaired) electrons. The lowest BCUT2D eigenvalue weighted by atomic mass is 9.67. The summed E-state index contributed by atoms with van der Waals surface area (Å²) < 4.78 is 1.32. The van der Waals surface area contributed by atoms with Crippen LogP contribution in [0, 0.1) is 0 Å². The summed E-state index contributed by atoms with van der Waals surface area (Å²) in [5.74, 6) is 0. The second kappa shape index (κ2) is 12.7. The van der Waals surface area contributed by atoms with Crippen LogP contribution < -0.4 is 4.90 Å². The predicted molar refractivity (Wildman–Crippen MR) is 234 cm³/mol. The summed E-state index contributed by atoms with van der Waals surface area (Å²) in [5, 5.41) is 6.25. The Morgan fingerprint density at radius 2 is 0.927 bits per heavy atom. The molecular formula is C53H35NS. The Bertz CT molecular complexity index is 2910. The molecule has 1 nitrogen and oxygen atoms in total. The third-order valence-corrected chi connectivity index (χ3v) is 12.7. The molecule has 0 saturated heterocycles. The summed E-state index contributed by atoms with van der Waals surface area (Å²) in [6.07, 6.45) is 0. The summed E-state index contributed by atoms with van der Waals surface area (Å²) in [7, 11) is 0. The maximum Gasteiger partial charge on any atom is 0.0728 e. The van der Waals surface area contributed by atoms with Gasteiger partial charge in [0.2, 0.25) is 0 Å². The molecule has 258 valence electrons. The molecule has 0 aliphatic heterocycles. The molecule has 11 rings (SSSR count). The van der Waals surface area contributed by atoms with Crippen LogP contribution in [0.15, 0.2) is 212 Å². The fourth-order valence-corrected chi connectivity index (χ4v) is 10.4. The van der Waals surface area contributed by atoms with Crippen LogP contribution in [0.1, 0.15) is 22.3 Å². The molecule has 1 aliphatic carbocycles. The second-order valence-electron chi connectivity index (χ2n) is 14.5. The monoisotopic (exact) mass is 717 g/mol.